The fraction of sp³-hybridized carbons (Fsp3) is 0.600. The van der Waals surface area contributed by atoms with E-state index in [0.717, 1.165) is 6.42 Å². The van der Waals surface area contributed by atoms with Crippen LogP contribution in [-0.4, -0.2) is 34.8 Å². The molecule has 4 nitrogen and oxygen atoms in total. The topological polar surface area (TPSA) is 68.4 Å². The van der Waals surface area contributed by atoms with Crippen LogP contribution in [0.25, 0.3) is 0 Å². The monoisotopic (exact) mass is 271 g/mol. The average molecular weight is 272 g/mol. The zero-order valence-electron chi connectivity index (χ0n) is 8.63. The third kappa shape index (κ3) is 3.05. The Bertz CT molecular complexity index is 332. The molecule has 1 atom stereocenters. The van der Waals surface area contributed by atoms with Gasteiger partial charge in [-0.15, -0.1) is 0 Å². The Morgan fingerprint density at radius 3 is 3.07 bits per heavy atom. The Labute approximate surface area is 97.8 Å². The summed E-state index contributed by atoms with van der Waals surface area (Å²) in [6.45, 7) is 3.11. The van der Waals surface area contributed by atoms with Gasteiger partial charge in [-0.3, -0.25) is 4.99 Å². The number of nitrogens with one attached hydrogen (secondary N) is 1. The molecular weight excluding hydrogens is 258 g/mol. The van der Waals surface area contributed by atoms with Gasteiger partial charge in [0.2, 0.25) is 0 Å². The number of halogens is 1. The highest BCUT2D eigenvalue weighted by Gasteiger charge is 2.27. The average Bonchev–Trinajstić information content (AvgIpc) is 2.26. The minimum absolute atomic E-state index is 0.0391. The zero-order valence-corrected chi connectivity index (χ0v) is 10.2. The lowest BCUT2D eigenvalue weighted by atomic mass is 10.0. The summed E-state index contributed by atoms with van der Waals surface area (Å²) in [7, 11) is 0. The molecule has 5 heteroatoms. The van der Waals surface area contributed by atoms with E-state index in [1.54, 1.807) is 0 Å². The first-order chi connectivity index (χ1) is 7.15. The van der Waals surface area contributed by atoms with Crippen LogP contribution in [0.4, 0.5) is 0 Å². The highest BCUT2D eigenvalue weighted by Crippen LogP contribution is 2.28. The van der Waals surface area contributed by atoms with Crippen molar-refractivity contribution in [3.8, 4) is 6.07 Å². The van der Waals surface area contributed by atoms with Crippen LogP contribution in [0.1, 0.15) is 13.3 Å². The number of aliphatic hydroxyl groups is 1. The Morgan fingerprint density at radius 2 is 2.53 bits per heavy atom. The minimum atomic E-state index is -0.162. The molecule has 1 rings (SSSR count). The molecule has 0 saturated heterocycles. The maximum Gasteiger partial charge on any atom is 0.158 e. The molecule has 82 valence electrons. The Balaban J connectivity index is 2.84. The number of hydrogen-bond acceptors (Lipinski definition) is 4. The van der Waals surface area contributed by atoms with Gasteiger partial charge in [-0.05, 0) is 12.5 Å². The van der Waals surface area contributed by atoms with Crippen molar-refractivity contribution in [3.63, 3.8) is 0 Å². The molecule has 0 aromatic rings. The number of alkyl halides is 1. The van der Waals surface area contributed by atoms with Crippen LogP contribution >= 0.6 is 15.9 Å². The Morgan fingerprint density at radius 1 is 1.80 bits per heavy atom. The number of nitriles is 1. The Hall–Kier alpha value is -0.860. The second-order valence-corrected chi connectivity index (χ2v) is 4.95. The molecule has 0 spiro atoms. The van der Waals surface area contributed by atoms with Crippen molar-refractivity contribution >= 4 is 21.6 Å². The van der Waals surface area contributed by atoms with E-state index in [0.29, 0.717) is 24.5 Å². The molecule has 1 aliphatic rings. The minimum Gasteiger partial charge on any atom is -0.395 e. The summed E-state index contributed by atoms with van der Waals surface area (Å²) in [6, 6.07) is 2.04. The number of aliphatic hydroxyl groups excluding tert-OH is 1. The summed E-state index contributed by atoms with van der Waals surface area (Å²) in [5.74, 6) is 0. The molecule has 1 heterocycles. The van der Waals surface area contributed by atoms with E-state index >= 15 is 0 Å². The number of allylic oxidation sites excluding steroid dienone is 1. The zero-order chi connectivity index (χ0) is 11.3. The van der Waals surface area contributed by atoms with Crippen LogP contribution in [0, 0.1) is 11.3 Å². The molecule has 0 aromatic heterocycles. The van der Waals surface area contributed by atoms with Crippen LogP contribution in [0.15, 0.2) is 16.8 Å². The van der Waals surface area contributed by atoms with E-state index in [1.807, 2.05) is 12.1 Å². The number of rotatable bonds is 4. The number of nitrogens with zero attached hydrogens (tertiary/aromatic N) is 2. The molecule has 0 fully saturated rings. The van der Waals surface area contributed by atoms with Crippen molar-refractivity contribution in [3.05, 3.63) is 11.8 Å². The molecule has 1 aliphatic heterocycles. The van der Waals surface area contributed by atoms with Gasteiger partial charge in [-0.25, -0.2) is 0 Å². The van der Waals surface area contributed by atoms with E-state index in [9.17, 15) is 0 Å². The van der Waals surface area contributed by atoms with Crippen molar-refractivity contribution < 1.29 is 5.11 Å². The maximum absolute atomic E-state index is 8.86. The smallest absolute Gasteiger partial charge is 0.158 e. The fourth-order valence-electron chi connectivity index (χ4n) is 1.30. The first-order valence-corrected chi connectivity index (χ1v) is 5.66. The van der Waals surface area contributed by atoms with Gasteiger partial charge in [0.15, 0.2) is 5.71 Å². The summed E-state index contributed by atoms with van der Waals surface area (Å²) in [5.41, 5.74) is 1.11. The number of hydrogen-bond donors (Lipinski definition) is 2. The number of dihydropyridines is 1. The van der Waals surface area contributed by atoms with Gasteiger partial charge in [0.25, 0.3) is 0 Å². The summed E-state index contributed by atoms with van der Waals surface area (Å²) in [4.78, 5) is 4.20. The van der Waals surface area contributed by atoms with E-state index in [1.165, 1.54) is 0 Å². The molecule has 0 saturated carbocycles. The summed E-state index contributed by atoms with van der Waals surface area (Å²) >= 11 is 3.59. The van der Waals surface area contributed by atoms with Crippen LogP contribution in [0.5, 0.6) is 0 Å². The van der Waals surface area contributed by atoms with E-state index in [-0.39, 0.29) is 10.9 Å². The molecule has 2 N–H and O–H groups in total. The quantitative estimate of drug-likeness (QED) is 0.749. The third-order valence-corrected chi connectivity index (χ3v) is 3.32. The summed E-state index contributed by atoms with van der Waals surface area (Å²) in [6.07, 6.45) is 2.87. The molecule has 1 unspecified atom stereocenters. The predicted molar refractivity (Wildman–Crippen MR) is 63.0 cm³/mol. The van der Waals surface area contributed by atoms with Crippen LogP contribution in [0.3, 0.4) is 0 Å². The van der Waals surface area contributed by atoms with Gasteiger partial charge in [0.1, 0.15) is 6.07 Å². The van der Waals surface area contributed by atoms with Crippen LogP contribution in [-0.2, 0) is 0 Å². The van der Waals surface area contributed by atoms with Gasteiger partial charge < -0.3 is 10.4 Å². The summed E-state index contributed by atoms with van der Waals surface area (Å²) in [5, 5.41) is 20.6. The largest absolute Gasteiger partial charge is 0.395 e. The van der Waals surface area contributed by atoms with Crippen LogP contribution in [0.2, 0.25) is 0 Å². The van der Waals surface area contributed by atoms with Gasteiger partial charge in [-0.1, -0.05) is 22.9 Å². The van der Waals surface area contributed by atoms with Crippen molar-refractivity contribution in [2.75, 3.05) is 19.7 Å². The van der Waals surface area contributed by atoms with E-state index in [2.05, 4.69) is 33.2 Å². The lowest BCUT2D eigenvalue weighted by molar-refractivity contribution is 0.297. The van der Waals surface area contributed by atoms with Crippen molar-refractivity contribution in [2.24, 2.45) is 4.99 Å². The highest BCUT2D eigenvalue weighted by atomic mass is 79.9. The molecular formula is C10H14BrN3O. The third-order valence-electron chi connectivity index (χ3n) is 2.28. The van der Waals surface area contributed by atoms with Crippen molar-refractivity contribution in [1.29, 1.82) is 5.26 Å². The lowest BCUT2D eigenvalue weighted by Crippen LogP contribution is -2.33. The number of aliphatic imine (C=N–C) groups is 1. The normalized spacial score (nSPS) is 25.2. The highest BCUT2D eigenvalue weighted by molar-refractivity contribution is 9.10. The van der Waals surface area contributed by atoms with Gasteiger partial charge in [0, 0.05) is 6.54 Å². The predicted octanol–water partition coefficient (Wildman–Crippen LogP) is 0.974. The van der Waals surface area contributed by atoms with Crippen molar-refractivity contribution in [2.45, 2.75) is 17.7 Å². The van der Waals surface area contributed by atoms with Gasteiger partial charge in [0.05, 0.1) is 23.2 Å². The molecule has 0 aromatic carbocycles. The van der Waals surface area contributed by atoms with Gasteiger partial charge >= 0.3 is 0 Å². The van der Waals surface area contributed by atoms with Crippen molar-refractivity contribution in [1.82, 2.24) is 5.32 Å². The first-order valence-electron chi connectivity index (χ1n) is 4.86. The molecule has 0 radical (unpaired) electrons. The first kappa shape index (κ1) is 12.2. The fourth-order valence-corrected chi connectivity index (χ4v) is 1.66. The maximum atomic E-state index is 8.86. The molecule has 0 amide bonds. The molecule has 15 heavy (non-hydrogen) atoms. The second-order valence-electron chi connectivity index (χ2n) is 3.37. The SMILES string of the molecule is CCC1(Br)C=C(NCCO)C(C#N)=NC1. The van der Waals surface area contributed by atoms with E-state index in [4.69, 9.17) is 10.4 Å². The summed E-state index contributed by atoms with van der Waals surface area (Å²) < 4.78 is -0.162. The van der Waals surface area contributed by atoms with Gasteiger partial charge in [-0.2, -0.15) is 5.26 Å². The molecule has 0 bridgehead atoms. The standard InChI is InChI=1S/C10H14BrN3O/c1-2-10(11)5-8(13-3-4-15)9(6-12)14-7-10/h5,13,15H,2-4,7H2,1H3. The van der Waals surface area contributed by atoms with E-state index < -0.39 is 0 Å². The lowest BCUT2D eigenvalue weighted by Gasteiger charge is -2.25. The molecule has 0 aliphatic carbocycles. The van der Waals surface area contributed by atoms with Crippen LogP contribution < -0.4 is 5.32 Å². The second kappa shape index (κ2) is 5.29. The Kier molecular flexibility index (Phi) is 4.30.